The maximum atomic E-state index is 12.2. The number of nitrogens with zero attached hydrogens (tertiary/aromatic N) is 2. The zero-order valence-corrected chi connectivity index (χ0v) is 14.5. The van der Waals surface area contributed by atoms with Crippen LogP contribution >= 0.6 is 0 Å². The molecule has 0 spiro atoms. The summed E-state index contributed by atoms with van der Waals surface area (Å²) in [5.74, 6) is 0.737. The number of hydrogen-bond acceptors (Lipinski definition) is 3. The summed E-state index contributed by atoms with van der Waals surface area (Å²) in [6.45, 7) is 7.12. The molecule has 5 heteroatoms. The molecule has 128 valence electrons. The maximum absolute atomic E-state index is 12.2. The Balaban J connectivity index is 1.41. The summed E-state index contributed by atoms with van der Waals surface area (Å²) < 4.78 is 0. The van der Waals surface area contributed by atoms with Gasteiger partial charge in [0.15, 0.2) is 0 Å². The van der Waals surface area contributed by atoms with Crippen molar-refractivity contribution < 1.29 is 4.79 Å². The third-order valence-corrected chi connectivity index (χ3v) is 5.61. The van der Waals surface area contributed by atoms with Gasteiger partial charge in [-0.25, -0.2) is 0 Å². The molecule has 1 amide bonds. The second-order valence-electron chi connectivity index (χ2n) is 7.33. The summed E-state index contributed by atoms with van der Waals surface area (Å²) in [4.78, 5) is 14.9. The molecule has 1 aromatic rings. The van der Waals surface area contributed by atoms with Crippen LogP contribution in [-0.2, 0) is 11.2 Å². The van der Waals surface area contributed by atoms with E-state index in [4.69, 9.17) is 0 Å². The van der Waals surface area contributed by atoms with Gasteiger partial charge in [0.05, 0.1) is 12.1 Å². The Morgan fingerprint density at radius 1 is 1.26 bits per heavy atom. The molecule has 5 nitrogen and oxygen atoms in total. The third kappa shape index (κ3) is 4.14. The summed E-state index contributed by atoms with van der Waals surface area (Å²) in [5.41, 5.74) is 2.97. The van der Waals surface area contributed by atoms with Gasteiger partial charge >= 0.3 is 0 Å². The molecule has 1 saturated heterocycles. The van der Waals surface area contributed by atoms with E-state index in [1.807, 2.05) is 13.8 Å². The van der Waals surface area contributed by atoms with Gasteiger partial charge in [0.25, 0.3) is 0 Å². The smallest absolute Gasteiger partial charge is 0.224 e. The Hall–Kier alpha value is -1.36. The van der Waals surface area contributed by atoms with Crippen molar-refractivity contribution in [3.05, 3.63) is 17.0 Å². The first-order chi connectivity index (χ1) is 11.1. The summed E-state index contributed by atoms with van der Waals surface area (Å²) in [6, 6.07) is 0.806. The lowest BCUT2D eigenvalue weighted by Crippen LogP contribution is -2.36. The van der Waals surface area contributed by atoms with Crippen LogP contribution in [0.5, 0.6) is 0 Å². The highest BCUT2D eigenvalue weighted by atomic mass is 16.1. The lowest BCUT2D eigenvalue weighted by molar-refractivity contribution is -0.120. The minimum atomic E-state index is 0.119. The molecular weight excluding hydrogens is 288 g/mol. The molecule has 23 heavy (non-hydrogen) atoms. The molecule has 2 aliphatic rings. The van der Waals surface area contributed by atoms with Crippen LogP contribution in [0.15, 0.2) is 0 Å². The van der Waals surface area contributed by atoms with Gasteiger partial charge in [-0.2, -0.15) is 5.10 Å². The number of likely N-dealkylation sites (tertiary alicyclic amines) is 1. The molecule has 3 rings (SSSR count). The Bertz CT molecular complexity index is 514. The van der Waals surface area contributed by atoms with Crippen LogP contribution in [0.2, 0.25) is 0 Å². The van der Waals surface area contributed by atoms with Crippen molar-refractivity contribution in [3.8, 4) is 0 Å². The van der Waals surface area contributed by atoms with E-state index in [-0.39, 0.29) is 5.91 Å². The molecule has 1 atom stereocenters. The molecule has 0 radical (unpaired) electrons. The standard InChI is InChI=1S/C18H30N4O/c1-13-17(14(2)21-20-13)10-18(23)19-11-15-8-9-22(12-15)16-6-4-3-5-7-16/h15-16H,3-12H2,1-2H3,(H,19,23)(H,20,21)/t15-/m1/s1. The SMILES string of the molecule is Cc1n[nH]c(C)c1CC(=O)NC[C@H]1CCN(C2CCCCC2)C1. The van der Waals surface area contributed by atoms with E-state index in [1.54, 1.807) is 0 Å². The lowest BCUT2D eigenvalue weighted by atomic mass is 9.94. The first kappa shape index (κ1) is 16.5. The van der Waals surface area contributed by atoms with E-state index in [0.29, 0.717) is 12.3 Å². The van der Waals surface area contributed by atoms with Crippen molar-refractivity contribution in [1.29, 1.82) is 0 Å². The first-order valence-corrected chi connectivity index (χ1v) is 9.14. The van der Waals surface area contributed by atoms with Gasteiger partial charge in [0, 0.05) is 30.4 Å². The average molecular weight is 318 g/mol. The highest BCUT2D eigenvalue weighted by molar-refractivity contribution is 5.79. The van der Waals surface area contributed by atoms with Gasteiger partial charge in [0.2, 0.25) is 5.91 Å². The number of H-pyrrole nitrogens is 1. The van der Waals surface area contributed by atoms with Crippen molar-refractivity contribution in [2.75, 3.05) is 19.6 Å². The first-order valence-electron chi connectivity index (χ1n) is 9.14. The van der Waals surface area contributed by atoms with Crippen molar-refractivity contribution in [3.63, 3.8) is 0 Å². The summed E-state index contributed by atoms with van der Waals surface area (Å²) in [6.07, 6.45) is 8.61. The molecule has 0 unspecified atom stereocenters. The Morgan fingerprint density at radius 3 is 2.74 bits per heavy atom. The van der Waals surface area contributed by atoms with Crippen LogP contribution < -0.4 is 5.32 Å². The fourth-order valence-electron chi connectivity index (χ4n) is 4.12. The summed E-state index contributed by atoms with van der Waals surface area (Å²) in [7, 11) is 0. The molecule has 1 saturated carbocycles. The topological polar surface area (TPSA) is 61.0 Å². The predicted molar refractivity (Wildman–Crippen MR) is 91.3 cm³/mol. The highest BCUT2D eigenvalue weighted by Gasteiger charge is 2.29. The predicted octanol–water partition coefficient (Wildman–Crippen LogP) is 2.34. The van der Waals surface area contributed by atoms with E-state index in [0.717, 1.165) is 36.1 Å². The number of aryl methyl sites for hydroxylation is 2. The van der Waals surface area contributed by atoms with E-state index < -0.39 is 0 Å². The molecule has 2 fully saturated rings. The molecule has 1 aliphatic heterocycles. The van der Waals surface area contributed by atoms with Crippen molar-refractivity contribution in [2.24, 2.45) is 5.92 Å². The number of carbonyl (C=O) groups is 1. The minimum absolute atomic E-state index is 0.119. The van der Waals surface area contributed by atoms with Gasteiger partial charge in [-0.1, -0.05) is 19.3 Å². The fourth-order valence-corrected chi connectivity index (χ4v) is 4.12. The Labute approximate surface area is 139 Å². The van der Waals surface area contributed by atoms with Crippen LogP contribution in [0.4, 0.5) is 0 Å². The number of rotatable bonds is 5. The van der Waals surface area contributed by atoms with Crippen molar-refractivity contribution >= 4 is 5.91 Å². The number of nitrogens with one attached hydrogen (secondary N) is 2. The van der Waals surface area contributed by atoms with Gasteiger partial charge in [0.1, 0.15) is 0 Å². The molecule has 2 N–H and O–H groups in total. The summed E-state index contributed by atoms with van der Waals surface area (Å²) >= 11 is 0. The van der Waals surface area contributed by atoms with Gasteiger partial charge in [-0.3, -0.25) is 9.89 Å². The van der Waals surface area contributed by atoms with Crippen LogP contribution in [0.25, 0.3) is 0 Å². The zero-order valence-electron chi connectivity index (χ0n) is 14.5. The molecule has 2 heterocycles. The monoisotopic (exact) mass is 318 g/mol. The van der Waals surface area contributed by atoms with Gasteiger partial charge in [-0.15, -0.1) is 0 Å². The number of aromatic nitrogens is 2. The normalized spacial score (nSPS) is 23.3. The van der Waals surface area contributed by atoms with E-state index in [9.17, 15) is 4.79 Å². The molecule has 0 bridgehead atoms. The molecule has 1 aliphatic carbocycles. The maximum Gasteiger partial charge on any atom is 0.224 e. The van der Waals surface area contributed by atoms with Crippen LogP contribution in [0.3, 0.4) is 0 Å². The van der Waals surface area contributed by atoms with Crippen molar-refractivity contribution in [2.45, 2.75) is 64.8 Å². The van der Waals surface area contributed by atoms with Gasteiger partial charge in [-0.05, 0) is 45.6 Å². The largest absolute Gasteiger partial charge is 0.355 e. The van der Waals surface area contributed by atoms with Crippen LogP contribution in [0.1, 0.15) is 55.5 Å². The quantitative estimate of drug-likeness (QED) is 0.876. The number of amides is 1. The molecule has 0 aromatic carbocycles. The van der Waals surface area contributed by atoms with Gasteiger partial charge < -0.3 is 10.2 Å². The number of aromatic amines is 1. The fraction of sp³-hybridized carbons (Fsp3) is 0.778. The summed E-state index contributed by atoms with van der Waals surface area (Å²) in [5, 5.41) is 10.2. The number of hydrogen-bond donors (Lipinski definition) is 2. The lowest BCUT2D eigenvalue weighted by Gasteiger charge is -2.31. The number of carbonyl (C=O) groups excluding carboxylic acids is 1. The minimum Gasteiger partial charge on any atom is -0.355 e. The Kier molecular flexibility index (Phi) is 5.36. The molecular formula is C18H30N4O. The van der Waals surface area contributed by atoms with E-state index >= 15 is 0 Å². The van der Waals surface area contributed by atoms with E-state index in [2.05, 4.69) is 20.4 Å². The van der Waals surface area contributed by atoms with Crippen LogP contribution in [-0.4, -0.2) is 46.7 Å². The average Bonchev–Trinajstić information content (AvgIpc) is 3.16. The van der Waals surface area contributed by atoms with E-state index in [1.165, 1.54) is 45.1 Å². The highest BCUT2D eigenvalue weighted by Crippen LogP contribution is 2.27. The Morgan fingerprint density at radius 2 is 2.04 bits per heavy atom. The second-order valence-corrected chi connectivity index (χ2v) is 7.33. The second kappa shape index (κ2) is 7.47. The van der Waals surface area contributed by atoms with Crippen molar-refractivity contribution in [1.82, 2.24) is 20.4 Å². The molecule has 1 aromatic heterocycles. The zero-order chi connectivity index (χ0) is 16.2. The third-order valence-electron chi connectivity index (χ3n) is 5.61. The van der Waals surface area contributed by atoms with Crippen LogP contribution in [0, 0.1) is 19.8 Å².